The van der Waals surface area contributed by atoms with E-state index >= 15 is 0 Å². The normalized spacial score (nSPS) is 15.9. The molecule has 0 aliphatic heterocycles. The zero-order valence-corrected chi connectivity index (χ0v) is 14.7. The lowest BCUT2D eigenvalue weighted by Crippen LogP contribution is -2.26. The van der Waals surface area contributed by atoms with Crippen LogP contribution < -0.4 is 10.9 Å². The quantitative estimate of drug-likeness (QED) is 0.753. The van der Waals surface area contributed by atoms with Gasteiger partial charge in [-0.3, -0.25) is 4.79 Å². The fourth-order valence-corrected chi connectivity index (χ4v) is 4.01. The first-order valence-electron chi connectivity index (χ1n) is 8.56. The molecule has 130 valence electrons. The minimum Gasteiger partial charge on any atom is -0.353 e. The Hall–Kier alpha value is -2.28. The number of benzene rings is 1. The lowest BCUT2D eigenvalue weighted by Gasteiger charge is -2.34. The summed E-state index contributed by atoms with van der Waals surface area (Å²) in [6, 6.07) is 8.20. The van der Waals surface area contributed by atoms with Gasteiger partial charge in [-0.15, -0.1) is 5.10 Å². The summed E-state index contributed by atoms with van der Waals surface area (Å²) in [7, 11) is 0. The van der Waals surface area contributed by atoms with E-state index in [0.717, 1.165) is 24.1 Å². The third kappa shape index (κ3) is 3.16. The Kier molecular flexibility index (Phi) is 4.25. The van der Waals surface area contributed by atoms with Crippen molar-refractivity contribution >= 4 is 21.4 Å². The minimum atomic E-state index is -0.237. The van der Waals surface area contributed by atoms with Gasteiger partial charge in [0.25, 0.3) is 5.56 Å². The van der Waals surface area contributed by atoms with Gasteiger partial charge >= 0.3 is 0 Å². The lowest BCUT2D eigenvalue weighted by atomic mass is 9.77. The average Bonchev–Trinajstić information content (AvgIpc) is 2.96. The predicted octanol–water partition coefficient (Wildman–Crippen LogP) is 3.81. The molecule has 7 heteroatoms. The molecule has 3 aromatic rings. The van der Waals surface area contributed by atoms with E-state index in [1.807, 2.05) is 19.1 Å². The molecule has 1 atom stereocenters. The summed E-state index contributed by atoms with van der Waals surface area (Å²) in [4.78, 5) is 17.2. The molecule has 2 heterocycles. The number of nitrogens with one attached hydrogen (secondary N) is 1. The predicted molar refractivity (Wildman–Crippen MR) is 96.6 cm³/mol. The number of hydrogen-bond acceptors (Lipinski definition) is 5. The highest BCUT2D eigenvalue weighted by atomic mass is 32.1. The monoisotopic (exact) mass is 358 g/mol. The number of fused-ring (bicyclic) bond motifs is 1. The summed E-state index contributed by atoms with van der Waals surface area (Å²) in [6.45, 7) is 1.97. The molecule has 1 aliphatic rings. The van der Waals surface area contributed by atoms with Crippen molar-refractivity contribution in [2.75, 3.05) is 5.32 Å². The number of hydrogen-bond donors (Lipinski definition) is 1. The molecule has 0 radical (unpaired) electrons. The first-order chi connectivity index (χ1) is 12.1. The van der Waals surface area contributed by atoms with Crippen molar-refractivity contribution in [1.29, 1.82) is 0 Å². The van der Waals surface area contributed by atoms with E-state index in [9.17, 15) is 9.18 Å². The first kappa shape index (κ1) is 16.2. The second-order valence-electron chi connectivity index (χ2n) is 6.41. The molecule has 25 heavy (non-hydrogen) atoms. The Morgan fingerprint density at radius 3 is 2.76 bits per heavy atom. The zero-order valence-electron chi connectivity index (χ0n) is 13.9. The fraction of sp³-hybridized carbons (Fsp3) is 0.389. The number of halogens is 1. The van der Waals surface area contributed by atoms with Gasteiger partial charge in [0.2, 0.25) is 10.1 Å². The molecule has 0 saturated heterocycles. The zero-order chi connectivity index (χ0) is 17.4. The van der Waals surface area contributed by atoms with Crippen molar-refractivity contribution in [2.45, 2.75) is 38.6 Å². The number of nitrogens with zero attached hydrogens (tertiary/aromatic N) is 3. The molecule has 1 aromatic carbocycles. The van der Waals surface area contributed by atoms with Gasteiger partial charge in [-0.05, 0) is 42.9 Å². The van der Waals surface area contributed by atoms with Crippen LogP contribution in [0.5, 0.6) is 0 Å². The Balaban J connectivity index is 1.67. The van der Waals surface area contributed by atoms with E-state index in [1.54, 1.807) is 0 Å². The van der Waals surface area contributed by atoms with Crippen LogP contribution in [0.3, 0.4) is 0 Å². The third-order valence-electron chi connectivity index (χ3n) is 4.79. The van der Waals surface area contributed by atoms with E-state index in [2.05, 4.69) is 15.4 Å². The molecule has 4 rings (SSSR count). The minimum absolute atomic E-state index is 0.0660. The fourth-order valence-electron chi connectivity index (χ4n) is 3.15. The van der Waals surface area contributed by atoms with Crippen molar-refractivity contribution in [3.8, 4) is 0 Å². The first-order valence-corrected chi connectivity index (χ1v) is 9.37. The number of anilines is 1. The Morgan fingerprint density at radius 2 is 2.12 bits per heavy atom. The van der Waals surface area contributed by atoms with Gasteiger partial charge in [-0.2, -0.15) is 4.52 Å². The van der Waals surface area contributed by atoms with Gasteiger partial charge in [-0.1, -0.05) is 36.8 Å². The van der Waals surface area contributed by atoms with Gasteiger partial charge in [0, 0.05) is 11.8 Å². The standard InChI is InChI=1S/C18H19FN4OS/c1-2-14-10-15(24)23-18(20-14)25-17(22-23)21-16(11-4-3-5-11)12-6-8-13(19)9-7-12/h6-11,16H,2-5H2,1H3,(H,21,22). The van der Waals surface area contributed by atoms with Crippen LogP contribution in [0.1, 0.15) is 43.5 Å². The van der Waals surface area contributed by atoms with Crippen molar-refractivity contribution in [2.24, 2.45) is 5.92 Å². The molecule has 2 aromatic heterocycles. The molecule has 0 amide bonds. The molecular weight excluding hydrogens is 339 g/mol. The van der Waals surface area contributed by atoms with Gasteiger partial charge in [0.15, 0.2) is 0 Å². The van der Waals surface area contributed by atoms with Crippen LogP contribution in [0.25, 0.3) is 4.96 Å². The summed E-state index contributed by atoms with van der Waals surface area (Å²) in [5, 5.41) is 8.51. The second kappa shape index (κ2) is 6.55. The maximum absolute atomic E-state index is 13.3. The maximum atomic E-state index is 13.3. The highest BCUT2D eigenvalue weighted by molar-refractivity contribution is 7.20. The largest absolute Gasteiger partial charge is 0.353 e. The van der Waals surface area contributed by atoms with Gasteiger partial charge in [0.05, 0.1) is 6.04 Å². The van der Waals surface area contributed by atoms with Crippen molar-refractivity contribution in [1.82, 2.24) is 14.6 Å². The van der Waals surface area contributed by atoms with Crippen molar-refractivity contribution in [3.63, 3.8) is 0 Å². The second-order valence-corrected chi connectivity index (χ2v) is 7.36. The van der Waals surface area contributed by atoms with E-state index in [4.69, 9.17) is 0 Å². The van der Waals surface area contributed by atoms with Gasteiger partial charge < -0.3 is 5.32 Å². The van der Waals surface area contributed by atoms with Crippen LogP contribution in [0.4, 0.5) is 9.52 Å². The Bertz CT molecular complexity index is 946. The van der Waals surface area contributed by atoms with E-state index in [0.29, 0.717) is 22.4 Å². The van der Waals surface area contributed by atoms with Crippen LogP contribution in [0, 0.1) is 11.7 Å². The van der Waals surface area contributed by atoms with Crippen molar-refractivity contribution in [3.05, 3.63) is 57.8 Å². The molecule has 1 N–H and O–H groups in total. The molecule has 1 aliphatic carbocycles. The molecule has 5 nitrogen and oxygen atoms in total. The van der Waals surface area contributed by atoms with E-state index in [-0.39, 0.29) is 17.4 Å². The van der Waals surface area contributed by atoms with Gasteiger partial charge in [0.1, 0.15) is 5.82 Å². The molecule has 1 saturated carbocycles. The SMILES string of the molecule is CCc1cc(=O)n2nc(NC(c3ccc(F)cc3)C3CCC3)sc2n1. The molecule has 0 spiro atoms. The summed E-state index contributed by atoms with van der Waals surface area (Å²) < 4.78 is 14.6. The van der Waals surface area contributed by atoms with E-state index < -0.39 is 0 Å². The summed E-state index contributed by atoms with van der Waals surface area (Å²) in [5.74, 6) is 0.257. The number of aryl methyl sites for hydroxylation is 1. The summed E-state index contributed by atoms with van der Waals surface area (Å²) >= 11 is 1.37. The lowest BCUT2D eigenvalue weighted by molar-refractivity contribution is 0.277. The molecule has 1 fully saturated rings. The maximum Gasteiger partial charge on any atom is 0.275 e. The Labute approximate surface area is 148 Å². The van der Waals surface area contributed by atoms with Crippen LogP contribution in [-0.2, 0) is 6.42 Å². The molecule has 1 unspecified atom stereocenters. The third-order valence-corrected chi connectivity index (χ3v) is 5.63. The highest BCUT2D eigenvalue weighted by Gasteiger charge is 2.29. The number of aromatic nitrogens is 3. The molecule has 0 bridgehead atoms. The van der Waals surface area contributed by atoms with Crippen LogP contribution >= 0.6 is 11.3 Å². The van der Waals surface area contributed by atoms with Crippen LogP contribution in [0.15, 0.2) is 35.1 Å². The Morgan fingerprint density at radius 1 is 1.36 bits per heavy atom. The van der Waals surface area contributed by atoms with E-state index in [1.165, 1.54) is 40.5 Å². The summed E-state index contributed by atoms with van der Waals surface area (Å²) in [6.07, 6.45) is 4.20. The summed E-state index contributed by atoms with van der Waals surface area (Å²) in [5.41, 5.74) is 1.65. The number of rotatable bonds is 5. The van der Waals surface area contributed by atoms with Gasteiger partial charge in [-0.25, -0.2) is 9.37 Å². The van der Waals surface area contributed by atoms with Crippen LogP contribution in [0.2, 0.25) is 0 Å². The average molecular weight is 358 g/mol. The molecular formula is C18H19FN4OS. The topological polar surface area (TPSA) is 59.3 Å². The van der Waals surface area contributed by atoms with Crippen LogP contribution in [-0.4, -0.2) is 14.6 Å². The smallest absolute Gasteiger partial charge is 0.275 e. The van der Waals surface area contributed by atoms with Crippen molar-refractivity contribution < 1.29 is 4.39 Å². The highest BCUT2D eigenvalue weighted by Crippen LogP contribution is 2.40.